The fourth-order valence-electron chi connectivity index (χ4n) is 3.79. The average Bonchev–Trinajstić information content (AvgIpc) is 3.39. The molecule has 1 saturated heterocycles. The first-order chi connectivity index (χ1) is 13.5. The molecule has 148 valence electrons. The molecule has 0 bridgehead atoms. The largest absolute Gasteiger partial charge is 0.355 e. The number of piperidine rings is 1. The van der Waals surface area contributed by atoms with E-state index in [4.69, 9.17) is 4.52 Å². The minimum atomic E-state index is 0.164. The Hall–Kier alpha value is -2.55. The molecule has 4 rings (SSSR count). The van der Waals surface area contributed by atoms with E-state index < -0.39 is 0 Å². The molecule has 1 atom stereocenters. The maximum absolute atomic E-state index is 12.8. The Kier molecular flexibility index (Phi) is 5.25. The van der Waals surface area contributed by atoms with Gasteiger partial charge in [0.2, 0.25) is 5.91 Å². The molecule has 4 heterocycles. The van der Waals surface area contributed by atoms with Crippen molar-refractivity contribution in [3.8, 4) is 10.6 Å². The molecular formula is C19H24N6O2S. The number of aryl methyl sites for hydroxylation is 4. The number of likely N-dealkylation sites (tertiary alicyclic amines) is 1. The molecule has 0 saturated carbocycles. The summed E-state index contributed by atoms with van der Waals surface area (Å²) in [6.07, 6.45) is 2.41. The van der Waals surface area contributed by atoms with Crippen molar-refractivity contribution in [1.29, 1.82) is 0 Å². The summed E-state index contributed by atoms with van der Waals surface area (Å²) >= 11 is 1.32. The number of carbonyl (C=O) groups excluding carboxylic acids is 1. The summed E-state index contributed by atoms with van der Waals surface area (Å²) in [7, 11) is 0. The Morgan fingerprint density at radius 3 is 2.86 bits per heavy atom. The van der Waals surface area contributed by atoms with Crippen molar-refractivity contribution in [3.05, 3.63) is 34.9 Å². The van der Waals surface area contributed by atoms with Gasteiger partial charge < -0.3 is 9.42 Å². The second-order valence-electron chi connectivity index (χ2n) is 7.40. The quantitative estimate of drug-likeness (QED) is 0.654. The van der Waals surface area contributed by atoms with Crippen LogP contribution in [-0.4, -0.2) is 48.4 Å². The van der Waals surface area contributed by atoms with Crippen LogP contribution in [0.3, 0.4) is 0 Å². The van der Waals surface area contributed by atoms with Crippen molar-refractivity contribution in [2.24, 2.45) is 0 Å². The Morgan fingerprint density at radius 1 is 1.29 bits per heavy atom. The molecule has 0 aliphatic carbocycles. The van der Waals surface area contributed by atoms with Crippen LogP contribution >= 0.6 is 11.5 Å². The van der Waals surface area contributed by atoms with Gasteiger partial charge in [0.1, 0.15) is 4.88 Å². The first-order valence-electron chi connectivity index (χ1n) is 9.56. The van der Waals surface area contributed by atoms with Gasteiger partial charge in [-0.05, 0) is 51.2 Å². The van der Waals surface area contributed by atoms with E-state index in [9.17, 15) is 4.79 Å². The van der Waals surface area contributed by atoms with Gasteiger partial charge in [-0.2, -0.15) is 5.10 Å². The van der Waals surface area contributed by atoms with Crippen molar-refractivity contribution >= 4 is 17.4 Å². The lowest BCUT2D eigenvalue weighted by molar-refractivity contribution is -0.132. The van der Waals surface area contributed by atoms with Crippen LogP contribution in [0.5, 0.6) is 0 Å². The topological polar surface area (TPSA) is 89.9 Å². The SMILES string of the molecule is Cc1cc(-c2snnc2[C@@H]2CCCN(C(=O)CCn3nc(C)cc3C)C2)on1. The molecule has 1 aliphatic rings. The highest BCUT2D eigenvalue weighted by molar-refractivity contribution is 7.09. The molecule has 0 aromatic carbocycles. The zero-order valence-electron chi connectivity index (χ0n) is 16.4. The van der Waals surface area contributed by atoms with E-state index in [-0.39, 0.29) is 11.8 Å². The van der Waals surface area contributed by atoms with E-state index in [1.54, 1.807) is 0 Å². The van der Waals surface area contributed by atoms with E-state index in [1.807, 2.05) is 42.5 Å². The Labute approximate surface area is 167 Å². The minimum absolute atomic E-state index is 0.164. The monoisotopic (exact) mass is 400 g/mol. The van der Waals surface area contributed by atoms with Crippen LogP contribution < -0.4 is 0 Å². The summed E-state index contributed by atoms with van der Waals surface area (Å²) in [5.41, 5.74) is 3.81. The van der Waals surface area contributed by atoms with Gasteiger partial charge in [0, 0.05) is 43.7 Å². The first-order valence-corrected chi connectivity index (χ1v) is 10.3. The first kappa shape index (κ1) is 18.8. The summed E-state index contributed by atoms with van der Waals surface area (Å²) in [5, 5.41) is 12.8. The summed E-state index contributed by atoms with van der Waals surface area (Å²) in [5.74, 6) is 1.04. The third kappa shape index (κ3) is 3.84. The summed E-state index contributed by atoms with van der Waals surface area (Å²) < 4.78 is 11.4. The van der Waals surface area contributed by atoms with E-state index in [2.05, 4.69) is 19.8 Å². The standard InChI is InChI=1S/C19H24N6O2S/c1-12-9-14(3)25(21-12)8-6-17(26)24-7-4-5-15(11-24)18-19(28-23-20-18)16-10-13(2)22-27-16/h9-10,15H,4-8,11H2,1-3H3/t15-/m1/s1. The van der Waals surface area contributed by atoms with Crippen molar-refractivity contribution in [2.45, 2.75) is 52.5 Å². The van der Waals surface area contributed by atoms with Gasteiger partial charge in [-0.15, -0.1) is 5.10 Å². The molecule has 28 heavy (non-hydrogen) atoms. The van der Waals surface area contributed by atoms with Crippen LogP contribution in [0.1, 0.15) is 48.0 Å². The highest BCUT2D eigenvalue weighted by atomic mass is 32.1. The van der Waals surface area contributed by atoms with Gasteiger partial charge >= 0.3 is 0 Å². The van der Waals surface area contributed by atoms with Crippen molar-refractivity contribution in [3.63, 3.8) is 0 Å². The maximum Gasteiger partial charge on any atom is 0.224 e. The summed E-state index contributed by atoms with van der Waals surface area (Å²) in [4.78, 5) is 15.7. The lowest BCUT2D eigenvalue weighted by atomic mass is 9.93. The van der Waals surface area contributed by atoms with Crippen LogP contribution in [0.4, 0.5) is 0 Å². The normalized spacial score (nSPS) is 17.2. The average molecular weight is 401 g/mol. The van der Waals surface area contributed by atoms with Gasteiger partial charge in [-0.3, -0.25) is 9.48 Å². The molecule has 1 aliphatic heterocycles. The number of nitrogens with zero attached hydrogens (tertiary/aromatic N) is 6. The predicted molar refractivity (Wildman–Crippen MR) is 105 cm³/mol. The molecule has 3 aromatic heterocycles. The van der Waals surface area contributed by atoms with Gasteiger partial charge in [-0.1, -0.05) is 9.64 Å². The molecule has 1 fully saturated rings. The Bertz CT molecular complexity index is 975. The number of hydrogen-bond acceptors (Lipinski definition) is 7. The van der Waals surface area contributed by atoms with E-state index in [0.29, 0.717) is 25.3 Å². The molecule has 0 N–H and O–H groups in total. The van der Waals surface area contributed by atoms with Crippen molar-refractivity contribution < 1.29 is 9.32 Å². The van der Waals surface area contributed by atoms with Crippen LogP contribution in [-0.2, 0) is 11.3 Å². The highest BCUT2D eigenvalue weighted by Crippen LogP contribution is 2.35. The van der Waals surface area contributed by atoms with Gasteiger partial charge in [-0.25, -0.2) is 0 Å². The van der Waals surface area contributed by atoms with E-state index in [1.165, 1.54) is 11.5 Å². The third-order valence-corrected chi connectivity index (χ3v) is 5.92. The highest BCUT2D eigenvalue weighted by Gasteiger charge is 2.29. The van der Waals surface area contributed by atoms with Gasteiger partial charge in [0.05, 0.1) is 17.1 Å². The summed E-state index contributed by atoms with van der Waals surface area (Å²) in [6.45, 7) is 7.95. The minimum Gasteiger partial charge on any atom is -0.355 e. The number of aromatic nitrogens is 5. The smallest absolute Gasteiger partial charge is 0.224 e. The predicted octanol–water partition coefficient (Wildman–Crippen LogP) is 3.11. The molecular weight excluding hydrogens is 376 g/mol. The van der Waals surface area contributed by atoms with Crippen LogP contribution in [0, 0.1) is 20.8 Å². The molecule has 0 spiro atoms. The van der Waals surface area contributed by atoms with Gasteiger partial charge in [0.25, 0.3) is 0 Å². The van der Waals surface area contributed by atoms with Crippen LogP contribution in [0.25, 0.3) is 10.6 Å². The lowest BCUT2D eigenvalue weighted by Gasteiger charge is -2.32. The third-order valence-electron chi connectivity index (χ3n) is 5.17. The molecule has 8 nitrogen and oxygen atoms in total. The number of rotatable bonds is 5. The molecule has 0 radical (unpaired) electrons. The zero-order chi connectivity index (χ0) is 19.7. The fraction of sp³-hybridized carbons (Fsp3) is 0.526. The maximum atomic E-state index is 12.8. The second-order valence-corrected chi connectivity index (χ2v) is 8.15. The molecule has 9 heteroatoms. The van der Waals surface area contributed by atoms with Crippen molar-refractivity contribution in [1.82, 2.24) is 29.4 Å². The number of carbonyl (C=O) groups is 1. The lowest BCUT2D eigenvalue weighted by Crippen LogP contribution is -2.39. The van der Waals surface area contributed by atoms with Crippen molar-refractivity contribution in [2.75, 3.05) is 13.1 Å². The van der Waals surface area contributed by atoms with E-state index in [0.717, 1.165) is 47.0 Å². The summed E-state index contributed by atoms with van der Waals surface area (Å²) in [6, 6.07) is 3.93. The van der Waals surface area contributed by atoms with E-state index >= 15 is 0 Å². The van der Waals surface area contributed by atoms with Gasteiger partial charge in [0.15, 0.2) is 5.76 Å². The molecule has 3 aromatic rings. The molecule has 1 amide bonds. The van der Waals surface area contributed by atoms with Crippen LogP contribution in [0.2, 0.25) is 0 Å². The second kappa shape index (κ2) is 7.83. The fourth-order valence-corrected chi connectivity index (χ4v) is 4.49. The Morgan fingerprint density at radius 2 is 2.14 bits per heavy atom. The number of hydrogen-bond donors (Lipinski definition) is 0. The Balaban J connectivity index is 1.43. The van der Waals surface area contributed by atoms with Crippen LogP contribution in [0.15, 0.2) is 16.7 Å². The molecule has 0 unspecified atom stereocenters. The number of amides is 1. The zero-order valence-corrected chi connectivity index (χ0v) is 17.2.